The molecule has 0 radical (unpaired) electrons. The zero-order valence-corrected chi connectivity index (χ0v) is 7.37. The van der Waals surface area contributed by atoms with Crippen molar-refractivity contribution in [3.05, 3.63) is 0 Å². The molecule has 1 unspecified atom stereocenters. The average Bonchev–Trinajstić information content (AvgIpc) is 1.97. The average molecular weight is 171 g/mol. The minimum absolute atomic E-state index is 0.0112. The highest BCUT2D eigenvalue weighted by molar-refractivity contribution is 5.85. The van der Waals surface area contributed by atoms with Crippen molar-refractivity contribution in [1.29, 1.82) is 0 Å². The largest absolute Gasteiger partial charge is 0.370 e. The molecule has 0 aromatic rings. The number of hydrogen-bond donors (Lipinski definition) is 0. The lowest BCUT2D eigenvalue weighted by Crippen LogP contribution is -2.49. The van der Waals surface area contributed by atoms with Gasteiger partial charge in [0.2, 0.25) is 5.91 Å². The van der Waals surface area contributed by atoms with Crippen LogP contribution >= 0.6 is 0 Å². The first-order chi connectivity index (χ1) is 5.61. The van der Waals surface area contributed by atoms with E-state index >= 15 is 0 Å². The first-order valence-corrected chi connectivity index (χ1v) is 3.98. The Hall–Kier alpha value is -0.900. The van der Waals surface area contributed by atoms with Gasteiger partial charge in [-0.1, -0.05) is 0 Å². The van der Waals surface area contributed by atoms with E-state index in [9.17, 15) is 9.59 Å². The summed E-state index contributed by atoms with van der Waals surface area (Å²) in [6.07, 6.45) is 0. The van der Waals surface area contributed by atoms with Gasteiger partial charge in [0.15, 0.2) is 0 Å². The van der Waals surface area contributed by atoms with Gasteiger partial charge in [-0.2, -0.15) is 0 Å². The standard InChI is InChI=1S/C8H13NO3/c1-6-4-12-5-8(11)9(6)3-7(2)10/h6H,3-5H2,1-2H3. The number of ketones is 1. The van der Waals surface area contributed by atoms with Gasteiger partial charge >= 0.3 is 0 Å². The highest BCUT2D eigenvalue weighted by Gasteiger charge is 2.25. The molecule has 12 heavy (non-hydrogen) atoms. The molecule has 1 aliphatic rings. The van der Waals surface area contributed by atoms with E-state index in [1.807, 2.05) is 6.92 Å². The van der Waals surface area contributed by atoms with Crippen LogP contribution in [-0.2, 0) is 14.3 Å². The van der Waals surface area contributed by atoms with E-state index in [1.165, 1.54) is 6.92 Å². The van der Waals surface area contributed by atoms with Gasteiger partial charge in [-0.25, -0.2) is 0 Å². The number of carbonyl (C=O) groups excluding carboxylic acids is 2. The third kappa shape index (κ3) is 2.04. The molecule has 1 atom stereocenters. The van der Waals surface area contributed by atoms with E-state index in [0.717, 1.165) is 0 Å². The molecule has 0 aromatic carbocycles. The van der Waals surface area contributed by atoms with Crippen molar-refractivity contribution in [2.24, 2.45) is 0 Å². The van der Waals surface area contributed by atoms with Crippen LogP contribution in [0.1, 0.15) is 13.8 Å². The molecule has 0 aliphatic carbocycles. The summed E-state index contributed by atoms with van der Waals surface area (Å²) in [4.78, 5) is 23.5. The lowest BCUT2D eigenvalue weighted by Gasteiger charge is -2.32. The second-order valence-corrected chi connectivity index (χ2v) is 3.09. The fraction of sp³-hybridized carbons (Fsp3) is 0.750. The topological polar surface area (TPSA) is 46.6 Å². The van der Waals surface area contributed by atoms with Gasteiger partial charge in [-0.15, -0.1) is 0 Å². The molecular weight excluding hydrogens is 158 g/mol. The Morgan fingerprint density at radius 1 is 1.75 bits per heavy atom. The SMILES string of the molecule is CC(=O)CN1C(=O)COCC1C. The predicted octanol–water partition coefficient (Wildman–Crippen LogP) is -0.177. The number of hydrogen-bond acceptors (Lipinski definition) is 3. The van der Waals surface area contributed by atoms with Crippen LogP contribution in [0.5, 0.6) is 0 Å². The van der Waals surface area contributed by atoms with Gasteiger partial charge in [0.05, 0.1) is 19.2 Å². The van der Waals surface area contributed by atoms with Crippen LogP contribution in [0.15, 0.2) is 0 Å². The fourth-order valence-corrected chi connectivity index (χ4v) is 1.22. The van der Waals surface area contributed by atoms with E-state index in [-0.39, 0.29) is 30.9 Å². The number of morpholine rings is 1. The second-order valence-electron chi connectivity index (χ2n) is 3.09. The summed E-state index contributed by atoms with van der Waals surface area (Å²) < 4.78 is 5.00. The van der Waals surface area contributed by atoms with Crippen LogP contribution in [0.4, 0.5) is 0 Å². The Morgan fingerprint density at radius 3 is 2.92 bits per heavy atom. The first kappa shape index (κ1) is 9.19. The predicted molar refractivity (Wildman–Crippen MR) is 42.7 cm³/mol. The van der Waals surface area contributed by atoms with Crippen molar-refractivity contribution in [3.8, 4) is 0 Å². The minimum atomic E-state index is -0.0936. The van der Waals surface area contributed by atoms with Crippen molar-refractivity contribution in [3.63, 3.8) is 0 Å². The molecule has 0 saturated carbocycles. The Balaban J connectivity index is 2.57. The van der Waals surface area contributed by atoms with Gasteiger partial charge in [0, 0.05) is 0 Å². The van der Waals surface area contributed by atoms with E-state index in [2.05, 4.69) is 0 Å². The maximum atomic E-state index is 11.2. The molecule has 0 bridgehead atoms. The molecule has 4 heteroatoms. The molecule has 1 saturated heterocycles. The number of nitrogens with zero attached hydrogens (tertiary/aromatic N) is 1. The Bertz CT molecular complexity index is 202. The number of carbonyl (C=O) groups is 2. The zero-order valence-electron chi connectivity index (χ0n) is 7.37. The highest BCUT2D eigenvalue weighted by atomic mass is 16.5. The maximum Gasteiger partial charge on any atom is 0.249 e. The van der Waals surface area contributed by atoms with Gasteiger partial charge < -0.3 is 9.64 Å². The number of amides is 1. The van der Waals surface area contributed by atoms with Crippen molar-refractivity contribution in [2.75, 3.05) is 19.8 Å². The summed E-state index contributed by atoms with van der Waals surface area (Å²) in [6.45, 7) is 4.20. The lowest BCUT2D eigenvalue weighted by atomic mass is 10.2. The smallest absolute Gasteiger partial charge is 0.249 e. The van der Waals surface area contributed by atoms with Crippen molar-refractivity contribution in [2.45, 2.75) is 19.9 Å². The number of rotatable bonds is 2. The van der Waals surface area contributed by atoms with Gasteiger partial charge in [0.25, 0.3) is 0 Å². The van der Waals surface area contributed by atoms with E-state index in [0.29, 0.717) is 6.61 Å². The van der Waals surface area contributed by atoms with Crippen LogP contribution in [-0.4, -0.2) is 42.4 Å². The fourth-order valence-electron chi connectivity index (χ4n) is 1.22. The van der Waals surface area contributed by atoms with Crippen molar-refractivity contribution < 1.29 is 14.3 Å². The molecule has 68 valence electrons. The summed E-state index contributed by atoms with van der Waals surface area (Å²) in [7, 11) is 0. The summed E-state index contributed by atoms with van der Waals surface area (Å²) >= 11 is 0. The molecule has 1 heterocycles. The number of ether oxygens (including phenoxy) is 1. The van der Waals surface area contributed by atoms with Crippen LogP contribution in [0.3, 0.4) is 0 Å². The summed E-state index contributed by atoms with van der Waals surface area (Å²) in [5.74, 6) is -0.0824. The molecule has 4 nitrogen and oxygen atoms in total. The van der Waals surface area contributed by atoms with E-state index in [1.54, 1.807) is 4.90 Å². The lowest BCUT2D eigenvalue weighted by molar-refractivity contribution is -0.149. The molecule has 0 N–H and O–H groups in total. The highest BCUT2D eigenvalue weighted by Crippen LogP contribution is 2.06. The quantitative estimate of drug-likeness (QED) is 0.579. The summed E-state index contributed by atoms with van der Waals surface area (Å²) in [5.41, 5.74) is 0. The van der Waals surface area contributed by atoms with Gasteiger partial charge in [-0.05, 0) is 13.8 Å². The normalized spacial score (nSPS) is 24.3. The molecule has 0 aromatic heterocycles. The van der Waals surface area contributed by atoms with Gasteiger partial charge in [0.1, 0.15) is 12.4 Å². The van der Waals surface area contributed by atoms with Crippen molar-refractivity contribution in [1.82, 2.24) is 4.90 Å². The minimum Gasteiger partial charge on any atom is -0.370 e. The molecule has 1 rings (SSSR count). The van der Waals surface area contributed by atoms with Crippen molar-refractivity contribution >= 4 is 11.7 Å². The third-order valence-corrected chi connectivity index (χ3v) is 1.83. The molecule has 0 spiro atoms. The summed E-state index contributed by atoms with van der Waals surface area (Å²) in [5, 5.41) is 0. The van der Waals surface area contributed by atoms with E-state index < -0.39 is 0 Å². The Kier molecular flexibility index (Phi) is 2.81. The zero-order chi connectivity index (χ0) is 9.14. The third-order valence-electron chi connectivity index (χ3n) is 1.83. The molecule has 1 aliphatic heterocycles. The van der Waals surface area contributed by atoms with E-state index in [4.69, 9.17) is 4.74 Å². The molecule has 1 amide bonds. The summed E-state index contributed by atoms with van der Waals surface area (Å²) in [6, 6.07) is 0.0233. The van der Waals surface area contributed by atoms with Crippen LogP contribution in [0, 0.1) is 0 Å². The Labute approximate surface area is 71.5 Å². The van der Waals surface area contributed by atoms with Crippen LogP contribution in [0.25, 0.3) is 0 Å². The maximum absolute atomic E-state index is 11.2. The monoisotopic (exact) mass is 171 g/mol. The van der Waals surface area contributed by atoms with Crippen LogP contribution in [0.2, 0.25) is 0 Å². The molecule has 1 fully saturated rings. The Morgan fingerprint density at radius 2 is 2.42 bits per heavy atom. The van der Waals surface area contributed by atoms with Gasteiger partial charge in [-0.3, -0.25) is 9.59 Å². The number of Topliss-reactive ketones (excluding diaryl/α,β-unsaturated/α-hetero) is 1. The first-order valence-electron chi connectivity index (χ1n) is 3.98. The van der Waals surface area contributed by atoms with Crippen LogP contribution < -0.4 is 0 Å². The second kappa shape index (κ2) is 3.67. The molecular formula is C8H13NO3.